The van der Waals surface area contributed by atoms with Crippen molar-refractivity contribution in [3.8, 4) is 5.69 Å². The lowest BCUT2D eigenvalue weighted by Crippen LogP contribution is -2.50. The summed E-state index contributed by atoms with van der Waals surface area (Å²) in [5.74, 6) is -0.830. The Bertz CT molecular complexity index is 1510. The van der Waals surface area contributed by atoms with Crippen LogP contribution in [0.15, 0.2) is 54.9 Å². The number of nitrogens with one attached hydrogen (secondary N) is 1. The molecule has 0 unspecified atom stereocenters. The normalized spacial score (nSPS) is 15.3. The molecule has 3 aromatic rings. The minimum Gasteiger partial charge on any atom is -0.381 e. The summed E-state index contributed by atoms with van der Waals surface area (Å²) in [7, 11) is 1.66. The van der Waals surface area contributed by atoms with Crippen LogP contribution in [0.3, 0.4) is 0 Å². The first-order chi connectivity index (χ1) is 19.8. The minimum atomic E-state index is -5.00. The van der Waals surface area contributed by atoms with Gasteiger partial charge in [0.25, 0.3) is 5.91 Å². The number of benzene rings is 2. The molecule has 0 spiro atoms. The zero-order valence-corrected chi connectivity index (χ0v) is 23.0. The molecular formula is C26H27ClF3N8O4+. The molecule has 1 atom stereocenters. The van der Waals surface area contributed by atoms with Crippen molar-refractivity contribution < 1.29 is 37.2 Å². The second kappa shape index (κ2) is 12.6. The molecule has 42 heavy (non-hydrogen) atoms. The second-order valence-corrected chi connectivity index (χ2v) is 9.82. The highest BCUT2D eigenvalue weighted by Crippen LogP contribution is 2.21. The Balaban J connectivity index is 1.52. The Morgan fingerprint density at radius 3 is 2.52 bits per heavy atom. The largest absolute Gasteiger partial charge is 0.436 e. The quantitative estimate of drug-likeness (QED) is 0.209. The predicted octanol–water partition coefficient (Wildman–Crippen LogP) is 1.39. The van der Waals surface area contributed by atoms with Gasteiger partial charge in [-0.05, 0) is 36.4 Å². The van der Waals surface area contributed by atoms with Crippen LogP contribution in [0, 0.1) is 0 Å². The zero-order chi connectivity index (χ0) is 30.6. The van der Waals surface area contributed by atoms with Crippen molar-refractivity contribution in [2.45, 2.75) is 18.8 Å². The molecule has 4 amide bonds. The molecule has 16 heteroatoms. The Morgan fingerprint density at radius 1 is 1.17 bits per heavy atom. The van der Waals surface area contributed by atoms with Crippen LogP contribution in [0.1, 0.15) is 21.7 Å². The standard InChI is InChI=1S/C26H26ClF3N8O4/c1-35-10-11-36(14-22(35)40)24(41)18-4-2-3-5-19(18)38-15-33-21(34-38)12-32-25(42)37(13-20(39)26(28,29)30)23(31)16-6-8-17(27)9-7-16/h2-9,15,20,31,39H,10-14H2,1H3,(H,32,42)/p+1/t20-/m0/s1. The van der Waals surface area contributed by atoms with Crippen molar-refractivity contribution in [2.24, 2.45) is 5.73 Å². The van der Waals surface area contributed by atoms with Crippen molar-refractivity contribution in [1.29, 1.82) is 0 Å². The van der Waals surface area contributed by atoms with Gasteiger partial charge in [0.1, 0.15) is 26.0 Å². The number of aliphatic hydroxyl groups is 1. The molecule has 4 rings (SSSR count). The fraction of sp³-hybridized carbons (Fsp3) is 0.308. The average molecular weight is 608 g/mol. The van der Waals surface area contributed by atoms with Gasteiger partial charge in [-0.2, -0.15) is 17.7 Å². The van der Waals surface area contributed by atoms with Crippen LogP contribution < -0.4 is 11.1 Å². The SMILES string of the molecule is CN1CCN(C(=O)c2ccccc2-n2cnc(CNC(=O)/[N+](C[C@H](O)C(F)(F)F)=C(\N)c3ccc(Cl)cc3)n2)CC1=O. The molecule has 1 aromatic heterocycles. The van der Waals surface area contributed by atoms with E-state index in [0.717, 1.165) is 0 Å². The maximum absolute atomic E-state index is 13.2. The number of carbonyl (C=O) groups is 3. The molecule has 12 nitrogen and oxygen atoms in total. The molecule has 0 aliphatic carbocycles. The van der Waals surface area contributed by atoms with E-state index in [1.165, 1.54) is 40.2 Å². The van der Waals surface area contributed by atoms with E-state index in [2.05, 4.69) is 15.4 Å². The third-order valence-electron chi connectivity index (χ3n) is 6.47. The number of halogens is 4. The number of para-hydroxylation sites is 1. The van der Waals surface area contributed by atoms with Gasteiger partial charge >= 0.3 is 12.2 Å². The fourth-order valence-electron chi connectivity index (χ4n) is 4.04. The van der Waals surface area contributed by atoms with Crippen LogP contribution in [-0.4, -0.2) is 103 Å². The second-order valence-electron chi connectivity index (χ2n) is 9.38. The number of amides is 4. The summed E-state index contributed by atoms with van der Waals surface area (Å²) < 4.78 is 41.2. The molecule has 1 aliphatic heterocycles. The number of carbonyl (C=O) groups excluding carboxylic acids is 3. The lowest BCUT2D eigenvalue weighted by molar-refractivity contribution is -0.455. The van der Waals surface area contributed by atoms with Crippen molar-refractivity contribution in [3.05, 3.63) is 76.8 Å². The van der Waals surface area contributed by atoms with Gasteiger partial charge in [0.05, 0.1) is 11.3 Å². The minimum absolute atomic E-state index is 0.0615. The van der Waals surface area contributed by atoms with E-state index in [9.17, 15) is 32.7 Å². The van der Waals surface area contributed by atoms with Crippen LogP contribution in [0.5, 0.6) is 0 Å². The Labute approximate surface area is 242 Å². The number of nitrogens with zero attached hydrogens (tertiary/aromatic N) is 6. The predicted molar refractivity (Wildman–Crippen MR) is 144 cm³/mol. The topological polar surface area (TPSA) is 150 Å². The molecule has 2 aromatic carbocycles. The number of rotatable bonds is 7. The van der Waals surface area contributed by atoms with Gasteiger partial charge < -0.3 is 20.6 Å². The number of urea groups is 1. The van der Waals surface area contributed by atoms with Crippen LogP contribution >= 0.6 is 11.6 Å². The number of likely N-dealkylation sites (N-methyl/N-ethyl adjacent to an activating group) is 1. The maximum Gasteiger partial charge on any atom is 0.436 e. The number of nitrogens with two attached hydrogens (primary N) is 1. The first kappa shape index (κ1) is 30.5. The molecule has 0 bridgehead atoms. The van der Waals surface area contributed by atoms with Crippen LogP contribution in [0.2, 0.25) is 5.02 Å². The van der Waals surface area contributed by atoms with Gasteiger partial charge in [-0.15, -0.1) is 5.10 Å². The molecule has 222 valence electrons. The lowest BCUT2D eigenvalue weighted by Gasteiger charge is -2.32. The Kier molecular flexibility index (Phi) is 9.11. The number of alkyl halides is 3. The third-order valence-corrected chi connectivity index (χ3v) is 6.72. The number of hydrogen-bond acceptors (Lipinski definition) is 6. The summed E-state index contributed by atoms with van der Waals surface area (Å²) in [6.07, 6.45) is -6.56. The molecule has 1 fully saturated rings. The van der Waals surface area contributed by atoms with Crippen LogP contribution in [0.4, 0.5) is 18.0 Å². The zero-order valence-electron chi connectivity index (χ0n) is 22.3. The molecule has 0 radical (unpaired) electrons. The first-order valence-corrected chi connectivity index (χ1v) is 12.9. The molecule has 4 N–H and O–H groups in total. The number of hydrogen-bond donors (Lipinski definition) is 3. The average Bonchev–Trinajstić information content (AvgIpc) is 3.44. The molecule has 1 saturated heterocycles. The highest BCUT2D eigenvalue weighted by Gasteiger charge is 2.41. The highest BCUT2D eigenvalue weighted by atomic mass is 35.5. The van der Waals surface area contributed by atoms with Gasteiger partial charge in [0.15, 0.2) is 11.9 Å². The van der Waals surface area contributed by atoms with E-state index in [4.69, 9.17) is 17.3 Å². The van der Waals surface area contributed by atoms with E-state index < -0.39 is 24.9 Å². The molecule has 2 heterocycles. The van der Waals surface area contributed by atoms with Gasteiger partial charge in [-0.1, -0.05) is 23.7 Å². The van der Waals surface area contributed by atoms with Gasteiger partial charge in [-0.25, -0.2) is 14.5 Å². The van der Waals surface area contributed by atoms with Gasteiger partial charge in [0, 0.05) is 30.7 Å². The molecule has 1 aliphatic rings. The fourth-order valence-corrected chi connectivity index (χ4v) is 4.17. The van der Waals surface area contributed by atoms with Gasteiger partial charge in [0.2, 0.25) is 11.7 Å². The summed E-state index contributed by atoms with van der Waals surface area (Å²) in [4.78, 5) is 45.4. The third kappa shape index (κ3) is 7.03. The maximum atomic E-state index is 13.2. The molecular weight excluding hydrogens is 581 g/mol. The number of aromatic nitrogens is 3. The molecule has 0 saturated carbocycles. The van der Waals surface area contributed by atoms with E-state index >= 15 is 0 Å². The van der Waals surface area contributed by atoms with Crippen LogP contribution in [-0.2, 0) is 11.3 Å². The lowest BCUT2D eigenvalue weighted by atomic mass is 10.1. The smallest absolute Gasteiger partial charge is 0.381 e. The first-order valence-electron chi connectivity index (χ1n) is 12.6. The van der Waals surface area contributed by atoms with Crippen molar-refractivity contribution >= 4 is 35.3 Å². The van der Waals surface area contributed by atoms with Crippen molar-refractivity contribution in [1.82, 2.24) is 29.9 Å². The van der Waals surface area contributed by atoms with Crippen LogP contribution in [0.25, 0.3) is 5.69 Å². The number of piperazine rings is 1. The number of aliphatic hydroxyl groups excluding tert-OH is 1. The van der Waals surface area contributed by atoms with Gasteiger partial charge in [-0.3, -0.25) is 14.9 Å². The van der Waals surface area contributed by atoms with E-state index in [1.54, 1.807) is 36.2 Å². The van der Waals surface area contributed by atoms with E-state index in [0.29, 0.717) is 28.4 Å². The van der Waals surface area contributed by atoms with Crippen molar-refractivity contribution in [3.63, 3.8) is 0 Å². The summed E-state index contributed by atoms with van der Waals surface area (Å²) in [6, 6.07) is 11.2. The Hall–Kier alpha value is -4.50. The van der Waals surface area contributed by atoms with E-state index in [-0.39, 0.29) is 47.7 Å². The summed E-state index contributed by atoms with van der Waals surface area (Å²) in [5.41, 5.74) is 6.86. The summed E-state index contributed by atoms with van der Waals surface area (Å²) >= 11 is 5.86. The summed E-state index contributed by atoms with van der Waals surface area (Å²) in [5, 5.41) is 16.7. The summed E-state index contributed by atoms with van der Waals surface area (Å²) in [6.45, 7) is -0.790. The van der Waals surface area contributed by atoms with E-state index in [1.807, 2.05) is 0 Å². The van der Waals surface area contributed by atoms with Crippen molar-refractivity contribution in [2.75, 3.05) is 33.2 Å². The number of amidine groups is 1. The Morgan fingerprint density at radius 2 is 1.86 bits per heavy atom. The monoisotopic (exact) mass is 607 g/mol. The highest BCUT2D eigenvalue weighted by molar-refractivity contribution is 6.30.